The number of methoxy groups -OCH3 is 1. The van der Waals surface area contributed by atoms with E-state index in [9.17, 15) is 0 Å². The van der Waals surface area contributed by atoms with Gasteiger partial charge in [-0.2, -0.15) is 0 Å². The van der Waals surface area contributed by atoms with Gasteiger partial charge >= 0.3 is 0 Å². The zero-order valence-electron chi connectivity index (χ0n) is 18.3. The molecule has 0 radical (unpaired) electrons. The number of ether oxygens (including phenoxy) is 3. The number of guanidine groups is 1. The van der Waals surface area contributed by atoms with Crippen LogP contribution in [0.15, 0.2) is 29.3 Å². The van der Waals surface area contributed by atoms with Crippen molar-refractivity contribution in [3.8, 4) is 5.75 Å². The highest BCUT2D eigenvalue weighted by Gasteiger charge is 2.24. The fraction of sp³-hybridized carbons (Fsp3) is 0.682. The number of hydrogen-bond acceptors (Lipinski definition) is 5. The van der Waals surface area contributed by atoms with Crippen molar-refractivity contribution < 1.29 is 14.2 Å². The molecule has 2 aliphatic heterocycles. The summed E-state index contributed by atoms with van der Waals surface area (Å²) >= 11 is 0. The van der Waals surface area contributed by atoms with Gasteiger partial charge in [-0.25, -0.2) is 0 Å². The van der Waals surface area contributed by atoms with Crippen LogP contribution in [-0.4, -0.2) is 72.2 Å². The Morgan fingerprint density at radius 1 is 1.27 bits per heavy atom. The van der Waals surface area contributed by atoms with Crippen LogP contribution in [-0.2, 0) is 9.47 Å². The zero-order chi connectivity index (χ0) is 20.3. The Morgan fingerprint density at radius 2 is 2.13 bits per heavy atom. The van der Waals surface area contributed by atoms with Crippen LogP contribution >= 0.6 is 24.0 Å². The van der Waals surface area contributed by atoms with E-state index >= 15 is 0 Å². The number of benzene rings is 1. The summed E-state index contributed by atoms with van der Waals surface area (Å²) in [5.41, 5.74) is 1.18. The standard InChI is InChI=1S/C22H36N4O3.HI/c1-23-22(24-11-6-13-28-17-19-7-5-14-29-19)25-15-18-10-12-26(16-18)20-8-3-4-9-21(20)27-2;/h3-4,8-9,18-19H,5-7,10-17H2,1-2H3,(H2,23,24,25);1H. The van der Waals surface area contributed by atoms with E-state index in [1.54, 1.807) is 7.11 Å². The molecule has 3 rings (SSSR count). The van der Waals surface area contributed by atoms with Gasteiger partial charge in [-0.05, 0) is 43.7 Å². The predicted molar refractivity (Wildman–Crippen MR) is 133 cm³/mol. The van der Waals surface area contributed by atoms with Crippen molar-refractivity contribution >= 4 is 35.6 Å². The van der Waals surface area contributed by atoms with Gasteiger partial charge in [0.2, 0.25) is 0 Å². The number of rotatable bonds is 10. The Bertz CT molecular complexity index is 641. The Labute approximate surface area is 197 Å². The van der Waals surface area contributed by atoms with E-state index in [4.69, 9.17) is 14.2 Å². The van der Waals surface area contributed by atoms with Crippen LogP contribution in [0.5, 0.6) is 5.75 Å². The summed E-state index contributed by atoms with van der Waals surface area (Å²) in [7, 11) is 3.55. The Morgan fingerprint density at radius 3 is 2.90 bits per heavy atom. The van der Waals surface area contributed by atoms with Gasteiger partial charge in [0.15, 0.2) is 5.96 Å². The van der Waals surface area contributed by atoms with Gasteiger partial charge < -0.3 is 29.7 Å². The third-order valence-corrected chi connectivity index (χ3v) is 5.58. The van der Waals surface area contributed by atoms with E-state index in [0.717, 1.165) is 77.0 Å². The highest BCUT2D eigenvalue weighted by Crippen LogP contribution is 2.31. The molecule has 30 heavy (non-hydrogen) atoms. The first kappa shape index (κ1) is 25.0. The van der Waals surface area contributed by atoms with E-state index in [2.05, 4.69) is 32.7 Å². The molecule has 1 aromatic rings. The molecule has 2 aliphatic rings. The van der Waals surface area contributed by atoms with Crippen LogP contribution in [0.3, 0.4) is 0 Å². The number of anilines is 1. The lowest BCUT2D eigenvalue weighted by atomic mass is 10.1. The topological polar surface area (TPSA) is 67.4 Å². The Kier molecular flexibility index (Phi) is 11.6. The van der Waals surface area contributed by atoms with Crippen molar-refractivity contribution in [2.75, 3.05) is 65.1 Å². The van der Waals surface area contributed by atoms with Crippen molar-refractivity contribution in [3.63, 3.8) is 0 Å². The molecule has 170 valence electrons. The van der Waals surface area contributed by atoms with E-state index in [1.165, 1.54) is 12.1 Å². The summed E-state index contributed by atoms with van der Waals surface area (Å²) in [5.74, 6) is 2.40. The smallest absolute Gasteiger partial charge is 0.190 e. The Hall–Kier alpha value is -1.26. The van der Waals surface area contributed by atoms with E-state index in [-0.39, 0.29) is 24.0 Å². The highest BCUT2D eigenvalue weighted by atomic mass is 127. The molecule has 0 aromatic heterocycles. The first-order valence-electron chi connectivity index (χ1n) is 10.8. The summed E-state index contributed by atoms with van der Waals surface area (Å²) in [4.78, 5) is 6.74. The molecule has 8 heteroatoms. The maximum atomic E-state index is 5.71. The van der Waals surface area contributed by atoms with Crippen molar-refractivity contribution in [3.05, 3.63) is 24.3 Å². The summed E-state index contributed by atoms with van der Waals surface area (Å²) < 4.78 is 16.8. The van der Waals surface area contributed by atoms with Crippen molar-refractivity contribution in [1.29, 1.82) is 0 Å². The molecule has 0 aliphatic carbocycles. The average Bonchev–Trinajstić information content (AvgIpc) is 3.45. The molecule has 0 spiro atoms. The maximum Gasteiger partial charge on any atom is 0.190 e. The molecule has 0 saturated carbocycles. The van der Waals surface area contributed by atoms with Gasteiger partial charge in [-0.15, -0.1) is 24.0 Å². The number of aliphatic imine (C=N–C) groups is 1. The summed E-state index contributed by atoms with van der Waals surface area (Å²) in [6.45, 7) is 6.21. The third kappa shape index (κ3) is 7.77. The molecule has 1 aromatic carbocycles. The van der Waals surface area contributed by atoms with Crippen molar-refractivity contribution in [1.82, 2.24) is 10.6 Å². The van der Waals surface area contributed by atoms with Crippen molar-refractivity contribution in [2.45, 2.75) is 31.8 Å². The van der Waals surface area contributed by atoms with E-state index in [1.807, 2.05) is 19.2 Å². The monoisotopic (exact) mass is 532 g/mol. The minimum absolute atomic E-state index is 0. The van der Waals surface area contributed by atoms with Gasteiger partial charge in [0.1, 0.15) is 5.75 Å². The zero-order valence-corrected chi connectivity index (χ0v) is 20.6. The van der Waals surface area contributed by atoms with Crippen LogP contribution < -0.4 is 20.3 Å². The number of nitrogens with one attached hydrogen (secondary N) is 2. The van der Waals surface area contributed by atoms with Gasteiger partial charge in [-0.3, -0.25) is 4.99 Å². The van der Waals surface area contributed by atoms with E-state index in [0.29, 0.717) is 12.0 Å². The minimum Gasteiger partial charge on any atom is -0.495 e. The van der Waals surface area contributed by atoms with Gasteiger partial charge in [0.25, 0.3) is 0 Å². The molecule has 2 unspecified atom stereocenters. The van der Waals surface area contributed by atoms with Gasteiger partial charge in [0.05, 0.1) is 25.5 Å². The first-order chi connectivity index (χ1) is 14.3. The molecular weight excluding hydrogens is 495 g/mol. The van der Waals surface area contributed by atoms with Gasteiger partial charge in [-0.1, -0.05) is 12.1 Å². The molecule has 7 nitrogen and oxygen atoms in total. The molecule has 2 fully saturated rings. The van der Waals surface area contributed by atoms with E-state index < -0.39 is 0 Å². The lowest BCUT2D eigenvalue weighted by molar-refractivity contribution is 0.0168. The average molecular weight is 532 g/mol. The first-order valence-corrected chi connectivity index (χ1v) is 10.8. The number of nitrogens with zero attached hydrogens (tertiary/aromatic N) is 2. The van der Waals surface area contributed by atoms with Crippen LogP contribution in [0.1, 0.15) is 25.7 Å². The molecule has 2 saturated heterocycles. The number of halogens is 1. The van der Waals surface area contributed by atoms with Gasteiger partial charge in [0, 0.05) is 46.4 Å². The molecule has 2 heterocycles. The summed E-state index contributed by atoms with van der Waals surface area (Å²) in [6, 6.07) is 8.24. The fourth-order valence-corrected chi connectivity index (χ4v) is 3.94. The van der Waals surface area contributed by atoms with Crippen molar-refractivity contribution in [2.24, 2.45) is 10.9 Å². The SMILES string of the molecule is CN=C(NCCCOCC1CCCO1)NCC1CCN(c2ccccc2OC)C1.I. The number of hydrogen-bond donors (Lipinski definition) is 2. The second kappa shape index (κ2) is 13.9. The second-order valence-electron chi connectivity index (χ2n) is 7.72. The largest absolute Gasteiger partial charge is 0.495 e. The molecule has 0 bridgehead atoms. The fourth-order valence-electron chi connectivity index (χ4n) is 3.94. The summed E-state index contributed by atoms with van der Waals surface area (Å²) in [5, 5.41) is 6.84. The van der Waals surface area contributed by atoms with Crippen LogP contribution in [0.2, 0.25) is 0 Å². The van der Waals surface area contributed by atoms with Crippen LogP contribution in [0.25, 0.3) is 0 Å². The third-order valence-electron chi connectivity index (χ3n) is 5.58. The highest BCUT2D eigenvalue weighted by molar-refractivity contribution is 14.0. The Balaban J connectivity index is 0.00000320. The van der Waals surface area contributed by atoms with Crippen LogP contribution in [0.4, 0.5) is 5.69 Å². The molecule has 2 atom stereocenters. The normalized spacial score (nSPS) is 21.4. The molecule has 2 N–H and O–H groups in total. The molecular formula is C22H37IN4O3. The maximum absolute atomic E-state index is 5.71. The van der Waals surface area contributed by atoms with Crippen LogP contribution in [0, 0.1) is 5.92 Å². The lowest BCUT2D eigenvalue weighted by Gasteiger charge is -2.21. The molecule has 0 amide bonds. The minimum atomic E-state index is 0. The summed E-state index contributed by atoms with van der Waals surface area (Å²) in [6.07, 6.45) is 4.72. The second-order valence-corrected chi connectivity index (χ2v) is 7.72. The lowest BCUT2D eigenvalue weighted by Crippen LogP contribution is -2.40. The predicted octanol–water partition coefficient (Wildman–Crippen LogP) is 2.89. The number of para-hydroxylation sites is 2. The quantitative estimate of drug-likeness (QED) is 0.209.